The third-order valence-corrected chi connectivity index (χ3v) is 3.16. The van der Waals surface area contributed by atoms with Gasteiger partial charge in [-0.05, 0) is 17.7 Å². The van der Waals surface area contributed by atoms with Crippen LogP contribution in [0.4, 0.5) is 0 Å². The first-order chi connectivity index (χ1) is 9.61. The number of carbonyl (C=O) groups is 2. The van der Waals surface area contributed by atoms with Gasteiger partial charge in [-0.25, -0.2) is 0 Å². The molecule has 0 atom stereocenters. The summed E-state index contributed by atoms with van der Waals surface area (Å²) in [5, 5.41) is 0. The Hall–Kier alpha value is -2.32. The first-order valence-electron chi connectivity index (χ1n) is 6.44. The van der Waals surface area contributed by atoms with Crippen molar-refractivity contribution in [2.45, 2.75) is 6.54 Å². The molecule has 1 heterocycles. The summed E-state index contributed by atoms with van der Waals surface area (Å²) in [6.07, 6.45) is 0. The number of rotatable bonds is 2. The third-order valence-electron chi connectivity index (χ3n) is 3.16. The zero-order valence-electron chi connectivity index (χ0n) is 11.4. The van der Waals surface area contributed by atoms with Crippen LogP contribution in [0.25, 0.3) is 0 Å². The van der Waals surface area contributed by atoms with Crippen LogP contribution in [0.1, 0.15) is 11.1 Å². The molecule has 0 unspecified atom stereocenters. The second kappa shape index (κ2) is 6.22. The molecule has 5 nitrogen and oxygen atoms in total. The molecule has 0 bridgehead atoms. The maximum atomic E-state index is 11.9. The van der Waals surface area contributed by atoms with Gasteiger partial charge in [0.2, 0.25) is 0 Å². The van der Waals surface area contributed by atoms with Crippen LogP contribution in [-0.4, -0.2) is 48.3 Å². The Balaban J connectivity index is 2.10. The van der Waals surface area contributed by atoms with Gasteiger partial charge in [-0.1, -0.05) is 24.0 Å². The van der Waals surface area contributed by atoms with Crippen molar-refractivity contribution in [3.63, 3.8) is 0 Å². The Morgan fingerprint density at radius 2 is 2.05 bits per heavy atom. The average Bonchev–Trinajstić information content (AvgIpc) is 2.46. The van der Waals surface area contributed by atoms with Gasteiger partial charge in [0.15, 0.2) is 0 Å². The molecule has 1 aliphatic heterocycles. The highest BCUT2D eigenvalue weighted by molar-refractivity contribution is 6.35. The van der Waals surface area contributed by atoms with Crippen LogP contribution in [0.15, 0.2) is 24.3 Å². The van der Waals surface area contributed by atoms with E-state index < -0.39 is 11.8 Å². The molecule has 1 aromatic rings. The van der Waals surface area contributed by atoms with E-state index in [1.165, 1.54) is 4.90 Å². The topological polar surface area (TPSA) is 66.6 Å². The standard InChI is InChI=1S/C15H17N3O2/c1-17-8-9-18(15(20)14(17)19)11-13-5-2-4-12(10-13)6-3-7-16/h2,4-5,10H,7-9,11,16H2,1H3. The highest BCUT2D eigenvalue weighted by Gasteiger charge is 2.29. The first-order valence-corrected chi connectivity index (χ1v) is 6.44. The van der Waals surface area contributed by atoms with Gasteiger partial charge in [-0.2, -0.15) is 0 Å². The van der Waals surface area contributed by atoms with Crippen LogP contribution in [0, 0.1) is 11.8 Å². The molecule has 1 aliphatic rings. The molecule has 104 valence electrons. The van der Waals surface area contributed by atoms with Gasteiger partial charge < -0.3 is 15.5 Å². The largest absolute Gasteiger partial charge is 0.336 e. The van der Waals surface area contributed by atoms with Gasteiger partial charge in [0.05, 0.1) is 6.54 Å². The van der Waals surface area contributed by atoms with Crippen molar-refractivity contribution < 1.29 is 9.59 Å². The smallest absolute Gasteiger partial charge is 0.312 e. The lowest BCUT2D eigenvalue weighted by molar-refractivity contribution is -0.155. The van der Waals surface area contributed by atoms with Gasteiger partial charge in [0.25, 0.3) is 0 Å². The summed E-state index contributed by atoms with van der Waals surface area (Å²) in [5.74, 6) is 4.85. The van der Waals surface area contributed by atoms with Crippen LogP contribution >= 0.6 is 0 Å². The van der Waals surface area contributed by atoms with Crippen molar-refractivity contribution in [3.8, 4) is 11.8 Å². The Morgan fingerprint density at radius 1 is 1.25 bits per heavy atom. The van der Waals surface area contributed by atoms with Gasteiger partial charge in [0, 0.05) is 32.2 Å². The minimum Gasteiger partial charge on any atom is -0.336 e. The van der Waals surface area contributed by atoms with Crippen molar-refractivity contribution in [1.29, 1.82) is 0 Å². The lowest BCUT2D eigenvalue weighted by Crippen LogP contribution is -2.52. The van der Waals surface area contributed by atoms with Crippen molar-refractivity contribution in [1.82, 2.24) is 9.80 Å². The van der Waals surface area contributed by atoms with Crippen molar-refractivity contribution in [2.24, 2.45) is 5.73 Å². The van der Waals surface area contributed by atoms with Crippen molar-refractivity contribution in [3.05, 3.63) is 35.4 Å². The molecule has 1 fully saturated rings. The molecule has 0 saturated carbocycles. The highest BCUT2D eigenvalue weighted by Crippen LogP contribution is 2.11. The molecule has 2 N–H and O–H groups in total. The number of nitrogens with two attached hydrogens (primary N) is 1. The van der Waals surface area contributed by atoms with Gasteiger partial charge >= 0.3 is 11.8 Å². The summed E-state index contributed by atoms with van der Waals surface area (Å²) in [4.78, 5) is 26.5. The van der Waals surface area contributed by atoms with Crippen LogP contribution in [0.3, 0.4) is 0 Å². The molecule has 1 saturated heterocycles. The molecule has 0 aromatic heterocycles. The Bertz CT molecular complexity index is 586. The van der Waals surface area contributed by atoms with Crippen LogP contribution in [0.5, 0.6) is 0 Å². The molecule has 2 rings (SSSR count). The zero-order valence-corrected chi connectivity index (χ0v) is 11.4. The number of carbonyl (C=O) groups excluding carboxylic acids is 2. The monoisotopic (exact) mass is 271 g/mol. The fourth-order valence-corrected chi connectivity index (χ4v) is 2.04. The van der Waals surface area contributed by atoms with Crippen molar-refractivity contribution >= 4 is 11.8 Å². The van der Waals surface area contributed by atoms with Gasteiger partial charge in [-0.15, -0.1) is 0 Å². The van der Waals surface area contributed by atoms with E-state index in [-0.39, 0.29) is 0 Å². The van der Waals surface area contributed by atoms with Crippen LogP contribution < -0.4 is 5.73 Å². The summed E-state index contributed by atoms with van der Waals surface area (Å²) in [6.45, 7) is 1.86. The maximum Gasteiger partial charge on any atom is 0.312 e. The minimum atomic E-state index is -0.449. The van der Waals surface area contributed by atoms with Crippen LogP contribution in [0.2, 0.25) is 0 Å². The van der Waals surface area contributed by atoms with E-state index in [1.807, 2.05) is 24.3 Å². The number of hydrogen-bond acceptors (Lipinski definition) is 3. The van der Waals surface area contributed by atoms with E-state index in [9.17, 15) is 9.59 Å². The minimum absolute atomic E-state index is 0.315. The second-order valence-electron chi connectivity index (χ2n) is 4.66. The zero-order chi connectivity index (χ0) is 14.5. The SMILES string of the molecule is CN1CCN(Cc2cccc(C#CCN)c2)C(=O)C1=O. The summed E-state index contributed by atoms with van der Waals surface area (Å²) in [7, 11) is 1.64. The third kappa shape index (κ3) is 3.16. The number of amides is 2. The Morgan fingerprint density at radius 3 is 2.80 bits per heavy atom. The number of likely N-dealkylation sites (N-methyl/N-ethyl adjacent to an activating group) is 1. The Kier molecular flexibility index (Phi) is 4.38. The summed E-state index contributed by atoms with van der Waals surface area (Å²) in [6, 6.07) is 7.61. The molecule has 0 spiro atoms. The molecule has 5 heteroatoms. The fraction of sp³-hybridized carbons (Fsp3) is 0.333. The normalized spacial score (nSPS) is 15.1. The van der Waals surface area contributed by atoms with E-state index in [1.54, 1.807) is 11.9 Å². The maximum absolute atomic E-state index is 11.9. The molecule has 0 radical (unpaired) electrons. The molecular weight excluding hydrogens is 254 g/mol. The summed E-state index contributed by atoms with van der Waals surface area (Å²) >= 11 is 0. The van der Waals surface area contributed by atoms with Crippen LogP contribution in [-0.2, 0) is 16.1 Å². The lowest BCUT2D eigenvalue weighted by Gasteiger charge is -2.31. The molecule has 0 aliphatic carbocycles. The van der Waals surface area contributed by atoms with E-state index >= 15 is 0 Å². The van der Waals surface area contributed by atoms with Crippen molar-refractivity contribution in [2.75, 3.05) is 26.7 Å². The predicted octanol–water partition coefficient (Wildman–Crippen LogP) is -0.203. The predicted molar refractivity (Wildman–Crippen MR) is 75.4 cm³/mol. The highest BCUT2D eigenvalue weighted by atomic mass is 16.2. The number of hydrogen-bond donors (Lipinski definition) is 1. The molecule has 20 heavy (non-hydrogen) atoms. The molecular formula is C15H17N3O2. The quantitative estimate of drug-likeness (QED) is 0.598. The van der Waals surface area contributed by atoms with Gasteiger partial charge in [0.1, 0.15) is 0 Å². The first kappa shape index (κ1) is 14.1. The van der Waals surface area contributed by atoms with E-state index in [0.717, 1.165) is 11.1 Å². The number of nitrogens with zero attached hydrogens (tertiary/aromatic N) is 2. The Labute approximate surface area is 118 Å². The van der Waals surface area contributed by atoms with Gasteiger partial charge in [-0.3, -0.25) is 9.59 Å². The molecule has 2 amide bonds. The summed E-state index contributed by atoms with van der Waals surface area (Å²) in [5.41, 5.74) is 7.16. The molecule has 1 aromatic carbocycles. The van der Waals surface area contributed by atoms with E-state index in [2.05, 4.69) is 11.8 Å². The lowest BCUT2D eigenvalue weighted by atomic mass is 10.1. The van der Waals surface area contributed by atoms with E-state index in [0.29, 0.717) is 26.2 Å². The fourth-order valence-electron chi connectivity index (χ4n) is 2.04. The second-order valence-corrected chi connectivity index (χ2v) is 4.66. The number of benzene rings is 1. The van der Waals surface area contributed by atoms with E-state index in [4.69, 9.17) is 5.73 Å². The number of piperazine rings is 1. The average molecular weight is 271 g/mol. The summed E-state index contributed by atoms with van der Waals surface area (Å²) < 4.78 is 0.